The van der Waals surface area contributed by atoms with Crippen LogP contribution in [0.2, 0.25) is 0 Å². The van der Waals surface area contributed by atoms with E-state index in [0.29, 0.717) is 25.2 Å². The summed E-state index contributed by atoms with van der Waals surface area (Å²) in [4.78, 5) is 12.7. The number of amides is 1. The SMILES string of the molecule is CCc1nnc(NS(=O)(=O)c2ccc(NC(=O)c3ccc(S(=O)(=O)N4CCCC4)cc3)cc2)s1. The lowest BCUT2D eigenvalue weighted by atomic mass is 10.2. The highest BCUT2D eigenvalue weighted by molar-refractivity contribution is 7.93. The largest absolute Gasteiger partial charge is 0.322 e. The van der Waals surface area contributed by atoms with E-state index >= 15 is 0 Å². The molecular formula is C21H23N5O5S3. The van der Waals surface area contributed by atoms with Crippen LogP contribution in [0.4, 0.5) is 10.8 Å². The molecule has 0 saturated carbocycles. The fourth-order valence-electron chi connectivity index (χ4n) is 3.39. The average Bonchev–Trinajstić information content (AvgIpc) is 3.52. The van der Waals surface area contributed by atoms with Crippen molar-refractivity contribution in [1.82, 2.24) is 14.5 Å². The number of sulfonamides is 2. The fraction of sp³-hybridized carbons (Fsp3) is 0.286. The number of hydrogen-bond donors (Lipinski definition) is 2. The first-order valence-corrected chi connectivity index (χ1v) is 14.3. The molecule has 2 N–H and O–H groups in total. The Morgan fingerprint density at radius 1 is 0.941 bits per heavy atom. The third-order valence-electron chi connectivity index (χ3n) is 5.23. The van der Waals surface area contributed by atoms with E-state index < -0.39 is 26.0 Å². The molecule has 0 aliphatic carbocycles. The maximum absolute atomic E-state index is 12.6. The minimum atomic E-state index is -3.85. The van der Waals surface area contributed by atoms with Crippen LogP contribution >= 0.6 is 11.3 Å². The number of hydrogen-bond acceptors (Lipinski definition) is 8. The molecule has 3 aromatic rings. The number of rotatable bonds is 8. The van der Waals surface area contributed by atoms with Crippen molar-refractivity contribution < 1.29 is 21.6 Å². The van der Waals surface area contributed by atoms with Crippen molar-refractivity contribution in [3.63, 3.8) is 0 Å². The van der Waals surface area contributed by atoms with Gasteiger partial charge in [-0.1, -0.05) is 18.3 Å². The summed E-state index contributed by atoms with van der Waals surface area (Å²) >= 11 is 1.16. The van der Waals surface area contributed by atoms with Gasteiger partial charge in [0.15, 0.2) is 0 Å². The van der Waals surface area contributed by atoms with Crippen molar-refractivity contribution in [3.05, 3.63) is 59.1 Å². The Morgan fingerprint density at radius 2 is 1.56 bits per heavy atom. The van der Waals surface area contributed by atoms with Crippen molar-refractivity contribution in [2.75, 3.05) is 23.1 Å². The first-order chi connectivity index (χ1) is 16.2. The van der Waals surface area contributed by atoms with Crippen LogP contribution in [0.5, 0.6) is 0 Å². The van der Waals surface area contributed by atoms with Crippen LogP contribution in [0.15, 0.2) is 58.3 Å². The van der Waals surface area contributed by atoms with Gasteiger partial charge < -0.3 is 5.32 Å². The normalized spacial score (nSPS) is 14.7. The molecule has 1 saturated heterocycles. The lowest BCUT2D eigenvalue weighted by Crippen LogP contribution is -2.27. The number of benzene rings is 2. The molecule has 0 unspecified atom stereocenters. The molecule has 10 nitrogen and oxygen atoms in total. The second kappa shape index (κ2) is 9.78. The van der Waals surface area contributed by atoms with Gasteiger partial charge in [-0.2, -0.15) is 4.31 Å². The molecule has 180 valence electrons. The van der Waals surface area contributed by atoms with E-state index in [2.05, 4.69) is 20.2 Å². The molecule has 1 fully saturated rings. The van der Waals surface area contributed by atoms with E-state index in [9.17, 15) is 21.6 Å². The van der Waals surface area contributed by atoms with Crippen molar-refractivity contribution in [3.8, 4) is 0 Å². The van der Waals surface area contributed by atoms with Gasteiger partial charge in [-0.05, 0) is 67.8 Å². The highest BCUT2D eigenvalue weighted by Gasteiger charge is 2.27. The summed E-state index contributed by atoms with van der Waals surface area (Å²) in [5.74, 6) is -0.445. The number of carbonyl (C=O) groups excluding carboxylic acids is 1. The van der Waals surface area contributed by atoms with Crippen LogP contribution in [-0.4, -0.2) is 50.3 Å². The van der Waals surface area contributed by atoms with Gasteiger partial charge in [-0.15, -0.1) is 10.2 Å². The Balaban J connectivity index is 1.41. The van der Waals surface area contributed by atoms with Crippen LogP contribution in [0.25, 0.3) is 0 Å². The summed E-state index contributed by atoms with van der Waals surface area (Å²) < 4.78 is 54.2. The van der Waals surface area contributed by atoms with Gasteiger partial charge in [0.2, 0.25) is 15.2 Å². The number of anilines is 2. The molecule has 0 spiro atoms. The number of aryl methyl sites for hydroxylation is 1. The molecule has 4 rings (SSSR count). The van der Waals surface area contributed by atoms with E-state index in [1.54, 1.807) is 0 Å². The molecule has 2 heterocycles. The maximum Gasteiger partial charge on any atom is 0.263 e. The lowest BCUT2D eigenvalue weighted by molar-refractivity contribution is 0.102. The summed E-state index contributed by atoms with van der Waals surface area (Å²) in [5, 5.41) is 11.3. The topological polar surface area (TPSA) is 138 Å². The van der Waals surface area contributed by atoms with E-state index in [0.717, 1.165) is 29.2 Å². The van der Waals surface area contributed by atoms with E-state index in [4.69, 9.17) is 0 Å². The Morgan fingerprint density at radius 3 is 2.15 bits per heavy atom. The molecule has 13 heteroatoms. The number of carbonyl (C=O) groups is 1. The quantitative estimate of drug-likeness (QED) is 0.465. The fourth-order valence-corrected chi connectivity index (χ4v) is 6.81. The van der Waals surface area contributed by atoms with Crippen LogP contribution in [-0.2, 0) is 26.5 Å². The highest BCUT2D eigenvalue weighted by Crippen LogP contribution is 2.23. The van der Waals surface area contributed by atoms with Gasteiger partial charge in [0.1, 0.15) is 5.01 Å². The molecule has 1 aromatic heterocycles. The van der Waals surface area contributed by atoms with Crippen molar-refractivity contribution in [2.45, 2.75) is 36.0 Å². The predicted molar refractivity (Wildman–Crippen MR) is 129 cm³/mol. The smallest absolute Gasteiger partial charge is 0.263 e. The Labute approximate surface area is 202 Å². The minimum absolute atomic E-state index is 0.00946. The monoisotopic (exact) mass is 521 g/mol. The summed E-state index contributed by atoms with van der Waals surface area (Å²) in [6.45, 7) is 2.91. The lowest BCUT2D eigenvalue weighted by Gasteiger charge is -2.15. The van der Waals surface area contributed by atoms with Gasteiger partial charge in [-0.3, -0.25) is 9.52 Å². The van der Waals surface area contributed by atoms with Crippen LogP contribution < -0.4 is 10.0 Å². The molecule has 1 aliphatic heterocycles. The second-order valence-electron chi connectivity index (χ2n) is 7.57. The van der Waals surface area contributed by atoms with Crippen molar-refractivity contribution in [1.29, 1.82) is 0 Å². The highest BCUT2D eigenvalue weighted by atomic mass is 32.2. The zero-order chi connectivity index (χ0) is 24.3. The number of nitrogens with one attached hydrogen (secondary N) is 2. The Hall–Kier alpha value is -2.87. The molecule has 0 radical (unpaired) electrons. The van der Waals surface area contributed by atoms with Gasteiger partial charge in [0, 0.05) is 24.3 Å². The zero-order valence-corrected chi connectivity index (χ0v) is 20.7. The Kier molecular flexibility index (Phi) is 6.98. The molecule has 1 aliphatic rings. The summed E-state index contributed by atoms with van der Waals surface area (Å²) in [6, 6.07) is 11.4. The first-order valence-electron chi connectivity index (χ1n) is 10.6. The van der Waals surface area contributed by atoms with E-state index in [-0.39, 0.29) is 20.5 Å². The average molecular weight is 522 g/mol. The Bertz CT molecular complexity index is 1380. The van der Waals surface area contributed by atoms with Crippen LogP contribution in [0, 0.1) is 0 Å². The third kappa shape index (κ3) is 5.27. The van der Waals surface area contributed by atoms with E-state index in [1.807, 2.05) is 6.92 Å². The standard InChI is InChI=1S/C21H23N5O5S3/c1-2-19-23-24-21(32-19)25-33(28,29)17-11-7-16(8-12-17)22-20(27)15-5-9-18(10-6-15)34(30,31)26-13-3-4-14-26/h5-12H,2-4,13-14H2,1H3,(H,22,27)(H,24,25). The predicted octanol–water partition coefficient (Wildman–Crippen LogP) is 2.94. The molecular weight excluding hydrogens is 498 g/mol. The van der Waals surface area contributed by atoms with Gasteiger partial charge >= 0.3 is 0 Å². The van der Waals surface area contributed by atoms with Gasteiger partial charge in [0.25, 0.3) is 15.9 Å². The number of aromatic nitrogens is 2. The van der Waals surface area contributed by atoms with Crippen molar-refractivity contribution in [2.24, 2.45) is 0 Å². The molecule has 1 amide bonds. The molecule has 0 atom stereocenters. The molecule has 0 bridgehead atoms. The third-order valence-corrected chi connectivity index (χ3v) is 9.61. The van der Waals surface area contributed by atoms with Gasteiger partial charge in [-0.25, -0.2) is 16.8 Å². The van der Waals surface area contributed by atoms with Gasteiger partial charge in [0.05, 0.1) is 9.79 Å². The van der Waals surface area contributed by atoms with E-state index in [1.165, 1.54) is 52.8 Å². The summed E-state index contributed by atoms with van der Waals surface area (Å²) in [6.07, 6.45) is 2.35. The minimum Gasteiger partial charge on any atom is -0.322 e. The van der Waals surface area contributed by atoms with Crippen molar-refractivity contribution >= 4 is 48.1 Å². The summed E-state index contributed by atoms with van der Waals surface area (Å²) in [7, 11) is -7.40. The maximum atomic E-state index is 12.6. The van der Waals surface area contributed by atoms with Crippen LogP contribution in [0.1, 0.15) is 35.1 Å². The number of nitrogens with zero attached hydrogens (tertiary/aromatic N) is 3. The zero-order valence-electron chi connectivity index (χ0n) is 18.3. The second-order valence-corrected chi connectivity index (χ2v) is 12.3. The van der Waals surface area contributed by atoms with Crippen LogP contribution in [0.3, 0.4) is 0 Å². The summed E-state index contributed by atoms with van der Waals surface area (Å²) in [5.41, 5.74) is 0.670. The molecule has 2 aromatic carbocycles. The first kappa shape index (κ1) is 24.3. The molecule has 34 heavy (non-hydrogen) atoms.